The molecule has 0 aliphatic rings. The maximum absolute atomic E-state index is 15.1. The highest BCUT2D eigenvalue weighted by atomic mass is 32.1. The van der Waals surface area contributed by atoms with Crippen LogP contribution >= 0.6 is 11.3 Å². The molecule has 1 unspecified atom stereocenters. The highest BCUT2D eigenvalue weighted by Gasteiger charge is 2.28. The number of carbonyl (C=O) groups is 2. The Morgan fingerprint density at radius 3 is 2.61 bits per heavy atom. The topological polar surface area (TPSA) is 112 Å². The summed E-state index contributed by atoms with van der Waals surface area (Å²) in [5.74, 6) is -3.29. The lowest BCUT2D eigenvalue weighted by atomic mass is 9.97. The second-order valence-electron chi connectivity index (χ2n) is 8.01. The van der Waals surface area contributed by atoms with E-state index in [0.29, 0.717) is 17.0 Å². The monoisotopic (exact) mass is 501 g/mol. The summed E-state index contributed by atoms with van der Waals surface area (Å²) in [4.78, 5) is 34.3. The van der Waals surface area contributed by atoms with Gasteiger partial charge >= 0.3 is 0 Å². The van der Waals surface area contributed by atoms with Gasteiger partial charge in [-0.15, -0.1) is 11.3 Å². The molecule has 5 rings (SSSR count). The van der Waals surface area contributed by atoms with Crippen molar-refractivity contribution < 1.29 is 18.7 Å². The Balaban J connectivity index is 1.42. The summed E-state index contributed by atoms with van der Waals surface area (Å²) in [6.45, 7) is 0. The minimum Gasteiger partial charge on any atom is -0.453 e. The summed E-state index contributed by atoms with van der Waals surface area (Å²) in [5.41, 5.74) is 7.73. The molecule has 5 aromatic rings. The molecule has 0 fully saturated rings. The Bertz CT molecular complexity index is 1580. The van der Waals surface area contributed by atoms with Gasteiger partial charge in [-0.25, -0.2) is 9.37 Å². The van der Waals surface area contributed by atoms with Crippen molar-refractivity contribution in [1.82, 2.24) is 14.5 Å². The van der Waals surface area contributed by atoms with Gasteiger partial charge in [-0.3, -0.25) is 14.6 Å². The molecular formula is C26H20FN5O3S. The van der Waals surface area contributed by atoms with Crippen LogP contribution in [0.4, 0.5) is 10.1 Å². The second-order valence-corrected chi connectivity index (χ2v) is 9.06. The van der Waals surface area contributed by atoms with Crippen LogP contribution in [-0.2, 0) is 16.6 Å². The normalized spacial score (nSPS) is 11.8. The van der Waals surface area contributed by atoms with Crippen LogP contribution in [0.5, 0.6) is 11.5 Å². The number of aryl methyl sites for hydroxylation is 1. The number of aromatic nitrogens is 3. The standard InChI is InChI=1S/C26H20FN5O3S/c1-32-14-29-13-19(32)22-12-18-24(36-22)21(9-10-30-18)35-20-8-7-15(11-17(20)27)23(25(28)33)26(34)31-16-5-3-2-4-6-16/h2-14,23H,1H3,(H2,28,33)(H,31,34). The third-order valence-corrected chi connectivity index (χ3v) is 6.70. The number of para-hydroxylation sites is 1. The van der Waals surface area contributed by atoms with Gasteiger partial charge in [0.05, 0.1) is 33.3 Å². The molecule has 3 heterocycles. The number of amides is 2. The van der Waals surface area contributed by atoms with Crippen LogP contribution in [0.2, 0.25) is 0 Å². The van der Waals surface area contributed by atoms with E-state index in [-0.39, 0.29) is 11.3 Å². The molecule has 180 valence electrons. The summed E-state index contributed by atoms with van der Waals surface area (Å²) in [5, 5.41) is 2.63. The molecular weight excluding hydrogens is 481 g/mol. The lowest BCUT2D eigenvalue weighted by Gasteiger charge is -2.15. The number of anilines is 1. The molecule has 0 radical (unpaired) electrons. The van der Waals surface area contributed by atoms with E-state index in [1.54, 1.807) is 55.1 Å². The van der Waals surface area contributed by atoms with Gasteiger partial charge in [0.1, 0.15) is 11.7 Å². The first kappa shape index (κ1) is 23.2. The van der Waals surface area contributed by atoms with Crippen molar-refractivity contribution in [1.29, 1.82) is 0 Å². The first-order valence-electron chi connectivity index (χ1n) is 10.9. The van der Waals surface area contributed by atoms with Gasteiger partial charge in [-0.2, -0.15) is 0 Å². The first-order chi connectivity index (χ1) is 17.4. The number of benzene rings is 2. The Kier molecular flexibility index (Phi) is 6.17. The fourth-order valence-corrected chi connectivity index (χ4v) is 4.91. The molecule has 8 nitrogen and oxygen atoms in total. The Morgan fingerprint density at radius 1 is 1.11 bits per heavy atom. The number of nitrogens with two attached hydrogens (primary N) is 1. The van der Waals surface area contributed by atoms with E-state index in [1.807, 2.05) is 17.7 Å². The van der Waals surface area contributed by atoms with Gasteiger partial charge in [-0.1, -0.05) is 24.3 Å². The minimum absolute atomic E-state index is 0.0616. The molecule has 0 bridgehead atoms. The largest absolute Gasteiger partial charge is 0.453 e. The lowest BCUT2D eigenvalue weighted by Crippen LogP contribution is -2.32. The third-order valence-electron chi connectivity index (χ3n) is 5.54. The van der Waals surface area contributed by atoms with Crippen molar-refractivity contribution in [2.45, 2.75) is 5.92 Å². The zero-order valence-electron chi connectivity index (χ0n) is 19.0. The number of nitrogens with zero attached hydrogens (tertiary/aromatic N) is 3. The number of hydrogen-bond acceptors (Lipinski definition) is 6. The molecule has 10 heteroatoms. The van der Waals surface area contributed by atoms with Crippen molar-refractivity contribution in [2.75, 3.05) is 5.32 Å². The highest BCUT2D eigenvalue weighted by molar-refractivity contribution is 7.22. The van der Waals surface area contributed by atoms with Crippen LogP contribution in [0.25, 0.3) is 20.8 Å². The van der Waals surface area contributed by atoms with E-state index >= 15 is 4.39 Å². The van der Waals surface area contributed by atoms with Gasteiger partial charge in [-0.05, 0) is 35.9 Å². The number of nitrogens with one attached hydrogen (secondary N) is 1. The molecule has 0 saturated heterocycles. The SMILES string of the molecule is Cn1cncc1-c1cc2nccc(Oc3ccc(C(C(N)=O)C(=O)Nc4ccccc4)cc3F)c2s1. The van der Waals surface area contributed by atoms with Gasteiger partial charge in [0, 0.05) is 25.0 Å². The summed E-state index contributed by atoms with van der Waals surface area (Å²) >= 11 is 1.45. The van der Waals surface area contributed by atoms with Gasteiger partial charge < -0.3 is 20.4 Å². The molecule has 36 heavy (non-hydrogen) atoms. The molecule has 0 aliphatic heterocycles. The Hall–Kier alpha value is -4.57. The van der Waals surface area contributed by atoms with Crippen LogP contribution < -0.4 is 15.8 Å². The minimum atomic E-state index is -1.37. The van der Waals surface area contributed by atoms with Crippen LogP contribution in [0.3, 0.4) is 0 Å². The smallest absolute Gasteiger partial charge is 0.241 e. The zero-order valence-corrected chi connectivity index (χ0v) is 19.8. The number of rotatable bonds is 7. The fraction of sp³-hybridized carbons (Fsp3) is 0.0769. The van der Waals surface area contributed by atoms with E-state index in [0.717, 1.165) is 21.3 Å². The Labute approximate surface area is 209 Å². The number of fused-ring (bicyclic) bond motifs is 1. The lowest BCUT2D eigenvalue weighted by molar-refractivity contribution is -0.127. The zero-order chi connectivity index (χ0) is 25.2. The third kappa shape index (κ3) is 4.53. The van der Waals surface area contributed by atoms with Crippen LogP contribution in [-0.4, -0.2) is 26.3 Å². The van der Waals surface area contributed by atoms with Crippen LogP contribution in [0.15, 0.2) is 79.4 Å². The molecule has 0 aliphatic carbocycles. The number of halogens is 1. The maximum Gasteiger partial charge on any atom is 0.241 e. The molecule has 3 N–H and O–H groups in total. The molecule has 2 amide bonds. The number of pyridine rings is 1. The van der Waals surface area contributed by atoms with E-state index in [9.17, 15) is 9.59 Å². The first-order valence-corrected chi connectivity index (χ1v) is 11.7. The van der Waals surface area contributed by atoms with E-state index in [1.165, 1.54) is 23.5 Å². The number of hydrogen-bond donors (Lipinski definition) is 2. The average Bonchev–Trinajstić information content (AvgIpc) is 3.47. The number of thiophene rings is 1. The number of imidazole rings is 1. The average molecular weight is 502 g/mol. The van der Waals surface area contributed by atoms with Gasteiger partial charge in [0.25, 0.3) is 0 Å². The van der Waals surface area contributed by atoms with Crippen molar-refractivity contribution in [3.8, 4) is 22.1 Å². The highest BCUT2D eigenvalue weighted by Crippen LogP contribution is 2.39. The molecule has 2 aromatic carbocycles. The van der Waals surface area contributed by atoms with E-state index in [2.05, 4.69) is 15.3 Å². The Morgan fingerprint density at radius 2 is 1.92 bits per heavy atom. The number of carbonyl (C=O) groups excluding carboxylic acids is 2. The van der Waals surface area contributed by atoms with Crippen molar-refractivity contribution in [2.24, 2.45) is 12.8 Å². The fourth-order valence-electron chi connectivity index (χ4n) is 3.79. The van der Waals surface area contributed by atoms with Crippen LogP contribution in [0, 0.1) is 5.82 Å². The summed E-state index contributed by atoms with van der Waals surface area (Å²) < 4.78 is 23.6. The summed E-state index contributed by atoms with van der Waals surface area (Å²) in [6, 6.07) is 16.1. The number of ether oxygens (including phenoxy) is 1. The number of primary amides is 1. The summed E-state index contributed by atoms with van der Waals surface area (Å²) in [7, 11) is 1.90. The molecule has 1 atom stereocenters. The van der Waals surface area contributed by atoms with Crippen molar-refractivity contribution >= 4 is 39.1 Å². The molecule has 0 saturated carbocycles. The molecule has 3 aromatic heterocycles. The van der Waals surface area contributed by atoms with Crippen LogP contribution in [0.1, 0.15) is 11.5 Å². The second kappa shape index (κ2) is 9.59. The summed E-state index contributed by atoms with van der Waals surface area (Å²) in [6.07, 6.45) is 5.05. The van der Waals surface area contributed by atoms with E-state index in [4.69, 9.17) is 10.5 Å². The maximum atomic E-state index is 15.1. The van der Waals surface area contributed by atoms with Gasteiger partial charge in [0.15, 0.2) is 11.6 Å². The van der Waals surface area contributed by atoms with Gasteiger partial charge in [0.2, 0.25) is 11.8 Å². The quantitative estimate of drug-likeness (QED) is 0.310. The molecule has 0 spiro atoms. The van der Waals surface area contributed by atoms with Crippen molar-refractivity contribution in [3.63, 3.8) is 0 Å². The van der Waals surface area contributed by atoms with Crippen molar-refractivity contribution in [3.05, 3.63) is 90.8 Å². The predicted octanol–water partition coefficient (Wildman–Crippen LogP) is 4.84. The van der Waals surface area contributed by atoms with E-state index < -0.39 is 23.5 Å². The predicted molar refractivity (Wildman–Crippen MR) is 135 cm³/mol.